The van der Waals surface area contributed by atoms with Crippen molar-refractivity contribution in [2.75, 3.05) is 9.96 Å². The lowest BCUT2D eigenvalue weighted by Gasteiger charge is -2.29. The molecule has 0 aromatic heterocycles. The second-order valence-electron chi connectivity index (χ2n) is 9.16. The van der Waals surface area contributed by atoms with Gasteiger partial charge < -0.3 is 4.18 Å². The minimum absolute atomic E-state index is 0.00905. The van der Waals surface area contributed by atoms with Crippen molar-refractivity contribution in [3.05, 3.63) is 119 Å². The van der Waals surface area contributed by atoms with Crippen LogP contribution in [0.5, 0.6) is 5.75 Å². The summed E-state index contributed by atoms with van der Waals surface area (Å²) in [5.41, 5.74) is 1.18. The maximum atomic E-state index is 13.9. The Labute approximate surface area is 240 Å². The van der Waals surface area contributed by atoms with Gasteiger partial charge in [0.05, 0.1) is 27.5 Å². The molecule has 2 amide bonds. The number of hydrogen-bond donors (Lipinski definition) is 0. The van der Waals surface area contributed by atoms with E-state index < -0.39 is 40.0 Å². The molecule has 2 aliphatic heterocycles. The van der Waals surface area contributed by atoms with Gasteiger partial charge in [-0.1, -0.05) is 77.8 Å². The molecule has 0 saturated carbocycles. The average Bonchev–Trinajstić information content (AvgIpc) is 3.47. The molecule has 202 valence electrons. The second-order valence-corrected chi connectivity index (χ2v) is 11.5. The highest BCUT2D eigenvalue weighted by atomic mass is 35.5. The lowest BCUT2D eigenvalue weighted by Crippen LogP contribution is -2.37. The second kappa shape index (κ2) is 10.3. The highest BCUT2D eigenvalue weighted by Gasteiger charge is 2.61. The molecule has 0 bridgehead atoms. The Morgan fingerprint density at radius 1 is 0.725 bits per heavy atom. The first-order valence-corrected chi connectivity index (χ1v) is 14.3. The van der Waals surface area contributed by atoms with Crippen LogP contribution in [0.1, 0.15) is 11.6 Å². The molecule has 11 heteroatoms. The molecular formula is C29H20Cl2N2O6S. The van der Waals surface area contributed by atoms with Gasteiger partial charge in [0.15, 0.2) is 6.10 Å². The van der Waals surface area contributed by atoms with Crippen LogP contribution in [0.2, 0.25) is 10.0 Å². The van der Waals surface area contributed by atoms with Gasteiger partial charge in [0, 0.05) is 5.56 Å². The van der Waals surface area contributed by atoms with Gasteiger partial charge in [-0.2, -0.15) is 8.42 Å². The summed E-state index contributed by atoms with van der Waals surface area (Å²) in [5, 5.41) is 1.93. The highest BCUT2D eigenvalue weighted by Crippen LogP contribution is 2.50. The van der Waals surface area contributed by atoms with E-state index in [2.05, 4.69) is 0 Å². The summed E-state index contributed by atoms with van der Waals surface area (Å²) in [7, 11) is -4.21. The van der Waals surface area contributed by atoms with E-state index in [0.29, 0.717) is 11.3 Å². The number of halogens is 2. The van der Waals surface area contributed by atoms with Gasteiger partial charge in [0.2, 0.25) is 5.91 Å². The van der Waals surface area contributed by atoms with Crippen molar-refractivity contribution in [1.82, 2.24) is 0 Å². The molecule has 4 aromatic rings. The topological polar surface area (TPSA) is 93.2 Å². The van der Waals surface area contributed by atoms with Crippen LogP contribution in [-0.2, 0) is 24.5 Å². The third kappa shape index (κ3) is 4.50. The van der Waals surface area contributed by atoms with E-state index in [-0.39, 0.29) is 26.4 Å². The number of hydrogen-bond acceptors (Lipinski definition) is 7. The van der Waals surface area contributed by atoms with E-state index in [0.717, 1.165) is 4.90 Å². The Hall–Kier alpha value is -3.89. The van der Waals surface area contributed by atoms with E-state index in [4.69, 9.17) is 32.2 Å². The number of carbonyl (C=O) groups is 2. The monoisotopic (exact) mass is 594 g/mol. The highest BCUT2D eigenvalue weighted by molar-refractivity contribution is 7.87. The number of hydroxylamine groups is 1. The quantitative estimate of drug-likeness (QED) is 0.205. The largest absolute Gasteiger partial charge is 0.379 e. The number of carbonyl (C=O) groups excluding carboxylic acids is 2. The van der Waals surface area contributed by atoms with E-state index in [1.54, 1.807) is 60.7 Å². The molecule has 2 heterocycles. The summed E-state index contributed by atoms with van der Waals surface area (Å²) >= 11 is 12.2. The van der Waals surface area contributed by atoms with Gasteiger partial charge in [0.1, 0.15) is 16.6 Å². The molecular weight excluding hydrogens is 575 g/mol. The number of fused-ring (bicyclic) bond motifs is 1. The van der Waals surface area contributed by atoms with Crippen molar-refractivity contribution in [3.63, 3.8) is 0 Å². The van der Waals surface area contributed by atoms with Crippen molar-refractivity contribution in [1.29, 1.82) is 0 Å². The van der Waals surface area contributed by atoms with Crippen LogP contribution in [0.3, 0.4) is 0 Å². The fourth-order valence-corrected chi connectivity index (χ4v) is 6.23. The van der Waals surface area contributed by atoms with Crippen molar-refractivity contribution >= 4 is 56.5 Å². The predicted octanol–water partition coefficient (Wildman–Crippen LogP) is 5.81. The Morgan fingerprint density at radius 3 is 2.08 bits per heavy atom. The number of amides is 2. The van der Waals surface area contributed by atoms with Gasteiger partial charge in [0.25, 0.3) is 5.91 Å². The zero-order valence-corrected chi connectivity index (χ0v) is 22.9. The SMILES string of the molecule is O=C1[C@H]2[C@@H](c3ccccc3OS(=O)(=O)c3ccccc3)N(c3ccccc3)O[C@H]2C(=O)N1c1ccc(Cl)c(Cl)c1. The lowest BCUT2D eigenvalue weighted by molar-refractivity contribution is -0.126. The summed E-state index contributed by atoms with van der Waals surface area (Å²) in [4.78, 5) is 34.7. The maximum Gasteiger partial charge on any atom is 0.339 e. The lowest BCUT2D eigenvalue weighted by atomic mass is 9.90. The van der Waals surface area contributed by atoms with E-state index in [1.165, 1.54) is 41.5 Å². The summed E-state index contributed by atoms with van der Waals surface area (Å²) in [6.45, 7) is 0. The molecule has 0 N–H and O–H groups in total. The van der Waals surface area contributed by atoms with Crippen LogP contribution in [0.15, 0.2) is 108 Å². The van der Waals surface area contributed by atoms with Crippen LogP contribution >= 0.6 is 23.2 Å². The molecule has 2 fully saturated rings. The van der Waals surface area contributed by atoms with E-state index >= 15 is 0 Å². The smallest absolute Gasteiger partial charge is 0.339 e. The molecule has 0 radical (unpaired) electrons. The summed E-state index contributed by atoms with van der Waals surface area (Å²) in [6.07, 6.45) is -1.18. The summed E-state index contributed by atoms with van der Waals surface area (Å²) in [5.74, 6) is -2.12. The third-order valence-corrected chi connectivity index (χ3v) is 8.74. The molecule has 4 aromatic carbocycles. The summed E-state index contributed by atoms with van der Waals surface area (Å²) < 4.78 is 31.9. The fraction of sp³-hybridized carbons (Fsp3) is 0.103. The van der Waals surface area contributed by atoms with Crippen molar-refractivity contribution in [3.8, 4) is 5.75 Å². The minimum Gasteiger partial charge on any atom is -0.379 e. The molecule has 2 saturated heterocycles. The average molecular weight is 595 g/mol. The minimum atomic E-state index is -4.21. The van der Waals surface area contributed by atoms with Gasteiger partial charge in [-0.05, 0) is 48.5 Å². The van der Waals surface area contributed by atoms with E-state index in [1.807, 2.05) is 6.07 Å². The Kier molecular flexibility index (Phi) is 6.75. The standard InChI is InChI=1S/C29H20Cl2N2O6S/c30-22-16-15-19(17-23(22)31)32-28(34)25-26(33(38-27(25)29(32)35)18-9-3-1-4-10-18)21-13-7-8-14-24(21)39-40(36,37)20-11-5-2-6-12-20/h1-17,25-27H/t25-,26+,27+/m0/s1. The maximum absolute atomic E-state index is 13.9. The third-order valence-electron chi connectivity index (χ3n) is 6.76. The normalized spacial score (nSPS) is 20.6. The Morgan fingerprint density at radius 2 is 1.38 bits per heavy atom. The first kappa shape index (κ1) is 26.3. The number of rotatable bonds is 6. The van der Waals surface area contributed by atoms with Crippen LogP contribution in [0, 0.1) is 5.92 Å². The number of anilines is 2. The molecule has 2 aliphatic rings. The first-order chi connectivity index (χ1) is 19.3. The van der Waals surface area contributed by atoms with Gasteiger partial charge in [-0.25, -0.2) is 9.96 Å². The van der Waals surface area contributed by atoms with Crippen LogP contribution in [0.4, 0.5) is 11.4 Å². The molecule has 6 rings (SSSR count). The van der Waals surface area contributed by atoms with Crippen LogP contribution in [-0.4, -0.2) is 26.3 Å². The van der Waals surface area contributed by atoms with Crippen LogP contribution in [0.25, 0.3) is 0 Å². The number of nitrogens with zero attached hydrogens (tertiary/aromatic N) is 2. The zero-order chi connectivity index (χ0) is 28.0. The zero-order valence-electron chi connectivity index (χ0n) is 20.6. The van der Waals surface area contributed by atoms with Crippen molar-refractivity contribution in [2.24, 2.45) is 5.92 Å². The number of para-hydroxylation sites is 2. The Balaban J connectivity index is 1.45. The summed E-state index contributed by atoms with van der Waals surface area (Å²) in [6, 6.07) is 26.7. The van der Waals surface area contributed by atoms with Crippen molar-refractivity contribution < 1.29 is 27.0 Å². The van der Waals surface area contributed by atoms with Crippen molar-refractivity contribution in [2.45, 2.75) is 17.0 Å². The molecule has 3 atom stereocenters. The number of imide groups is 1. The predicted molar refractivity (Wildman–Crippen MR) is 150 cm³/mol. The van der Waals surface area contributed by atoms with Crippen LogP contribution < -0.4 is 14.1 Å². The fourth-order valence-electron chi connectivity index (χ4n) is 4.96. The van der Waals surface area contributed by atoms with Gasteiger partial charge >= 0.3 is 10.1 Å². The molecule has 0 spiro atoms. The molecule has 40 heavy (non-hydrogen) atoms. The number of benzene rings is 4. The molecule has 0 unspecified atom stereocenters. The van der Waals surface area contributed by atoms with E-state index in [9.17, 15) is 18.0 Å². The molecule has 8 nitrogen and oxygen atoms in total. The molecule has 0 aliphatic carbocycles. The Bertz CT molecular complexity index is 1720. The first-order valence-electron chi connectivity index (χ1n) is 12.2. The van der Waals surface area contributed by atoms with Gasteiger partial charge in [-0.15, -0.1) is 0 Å². The van der Waals surface area contributed by atoms with Gasteiger partial charge in [-0.3, -0.25) is 14.4 Å².